The Balaban J connectivity index is 5.11. The van der Waals surface area contributed by atoms with Crippen molar-refractivity contribution in [3.05, 3.63) is 36.2 Å². The van der Waals surface area contributed by atoms with Crippen molar-refractivity contribution in [2.45, 2.75) is 33.1 Å². The van der Waals surface area contributed by atoms with E-state index in [1.54, 1.807) is 19.5 Å². The highest BCUT2D eigenvalue weighted by Crippen LogP contribution is 2.01. The number of allylic oxidation sites excluding steroid dienone is 2. The van der Waals surface area contributed by atoms with E-state index in [1.807, 2.05) is 25.2 Å². The highest BCUT2D eigenvalue weighted by Gasteiger charge is 2.04. The lowest BCUT2D eigenvalue weighted by Crippen LogP contribution is -2.25. The Morgan fingerprint density at radius 1 is 1.22 bits per heavy atom. The summed E-state index contributed by atoms with van der Waals surface area (Å²) in [5, 5.41) is 14.3. The minimum Gasteiger partial charge on any atom is -0.380 e. The van der Waals surface area contributed by atoms with Crippen LogP contribution in [0.4, 0.5) is 0 Å². The van der Waals surface area contributed by atoms with Gasteiger partial charge in [-0.2, -0.15) is 5.10 Å². The maximum absolute atomic E-state index is 6.96. The lowest BCUT2D eigenvalue weighted by Gasteiger charge is -2.06. The van der Waals surface area contributed by atoms with E-state index in [0.717, 1.165) is 25.9 Å². The number of hydrazone groups is 1. The van der Waals surface area contributed by atoms with Gasteiger partial charge in [0.25, 0.3) is 0 Å². The molecule has 0 fully saturated rings. The van der Waals surface area contributed by atoms with Gasteiger partial charge in [-0.1, -0.05) is 32.6 Å². The fourth-order valence-electron chi connectivity index (χ4n) is 1.64. The molecule has 148 valence electrons. The van der Waals surface area contributed by atoms with Crippen LogP contribution in [0.25, 0.3) is 0 Å². The third-order valence-electron chi connectivity index (χ3n) is 3.01. The highest BCUT2D eigenvalue weighted by molar-refractivity contribution is 6.02. The van der Waals surface area contributed by atoms with Gasteiger partial charge < -0.3 is 16.5 Å². The Labute approximate surface area is 162 Å². The molecule has 0 bridgehead atoms. The zero-order valence-corrected chi connectivity index (χ0v) is 16.6. The summed E-state index contributed by atoms with van der Waals surface area (Å²) < 4.78 is 0. The first-order valence-electron chi connectivity index (χ1n) is 8.97. The molecule has 0 spiro atoms. The van der Waals surface area contributed by atoms with Crippen molar-refractivity contribution < 1.29 is 0 Å². The molecule has 5 N–H and O–H groups in total. The second kappa shape index (κ2) is 16.6. The van der Waals surface area contributed by atoms with Crippen LogP contribution in [0.1, 0.15) is 33.1 Å². The van der Waals surface area contributed by atoms with E-state index < -0.39 is 0 Å². The molecule has 8 heteroatoms. The molecule has 0 saturated carbocycles. The van der Waals surface area contributed by atoms with Crippen LogP contribution in [0.3, 0.4) is 0 Å². The van der Waals surface area contributed by atoms with Crippen LogP contribution in [-0.2, 0) is 0 Å². The zero-order valence-electron chi connectivity index (χ0n) is 16.6. The first kappa shape index (κ1) is 24.1. The molecule has 0 aliphatic heterocycles. The predicted molar refractivity (Wildman–Crippen MR) is 118 cm³/mol. The molecule has 0 aliphatic rings. The Morgan fingerprint density at radius 2 is 2.00 bits per heavy atom. The summed E-state index contributed by atoms with van der Waals surface area (Å²) >= 11 is 0. The first-order valence-corrected chi connectivity index (χ1v) is 8.97. The fraction of sp³-hybridized carbons (Fsp3) is 0.421. The fourth-order valence-corrected chi connectivity index (χ4v) is 1.64. The molecule has 0 rings (SSSR count). The second-order valence-corrected chi connectivity index (χ2v) is 5.28. The number of nitrogens with two attached hydrogens (primary N) is 1. The SMILES string of the molecule is C=C(N=CCC=N)C(N)=NNC(=NC)/C(=C/C=C/CNCCC)N=CCC. The Kier molecular flexibility index (Phi) is 14.8. The Morgan fingerprint density at radius 3 is 2.63 bits per heavy atom. The van der Waals surface area contributed by atoms with Gasteiger partial charge in [0.1, 0.15) is 5.70 Å². The number of aliphatic imine (C=N–C) groups is 3. The predicted octanol–water partition coefficient (Wildman–Crippen LogP) is 2.42. The van der Waals surface area contributed by atoms with Crippen LogP contribution in [0.2, 0.25) is 0 Å². The quantitative estimate of drug-likeness (QED) is 0.130. The van der Waals surface area contributed by atoms with Crippen molar-refractivity contribution in [1.82, 2.24) is 10.7 Å². The highest BCUT2D eigenvalue weighted by atomic mass is 15.3. The number of hydrogen-bond acceptors (Lipinski definition) is 6. The van der Waals surface area contributed by atoms with E-state index in [4.69, 9.17) is 11.1 Å². The summed E-state index contributed by atoms with van der Waals surface area (Å²) in [4.78, 5) is 12.6. The largest absolute Gasteiger partial charge is 0.380 e. The summed E-state index contributed by atoms with van der Waals surface area (Å²) in [5.74, 6) is 0.612. The van der Waals surface area contributed by atoms with Gasteiger partial charge in [0.2, 0.25) is 0 Å². The summed E-state index contributed by atoms with van der Waals surface area (Å²) in [7, 11) is 1.65. The number of amidine groups is 2. The number of nitrogens with zero attached hydrogens (tertiary/aromatic N) is 4. The Hall–Kier alpha value is -2.87. The molecule has 0 aliphatic carbocycles. The molecule has 27 heavy (non-hydrogen) atoms. The summed E-state index contributed by atoms with van der Waals surface area (Å²) in [6, 6.07) is 0. The van der Waals surface area contributed by atoms with Crippen molar-refractivity contribution in [2.24, 2.45) is 25.8 Å². The molecule has 0 unspecified atom stereocenters. The third-order valence-corrected chi connectivity index (χ3v) is 3.01. The van der Waals surface area contributed by atoms with Gasteiger partial charge in [-0.3, -0.25) is 20.4 Å². The van der Waals surface area contributed by atoms with E-state index in [2.05, 4.69) is 44.3 Å². The molecular weight excluding hydrogens is 340 g/mol. The van der Waals surface area contributed by atoms with Gasteiger partial charge in [0.15, 0.2) is 11.7 Å². The lowest BCUT2D eigenvalue weighted by molar-refractivity contribution is 0.729. The van der Waals surface area contributed by atoms with Crippen LogP contribution in [0, 0.1) is 5.41 Å². The summed E-state index contributed by atoms with van der Waals surface area (Å²) in [5.41, 5.74) is 9.61. The smallest absolute Gasteiger partial charge is 0.169 e. The molecule has 0 heterocycles. The van der Waals surface area contributed by atoms with Gasteiger partial charge in [-0.25, -0.2) is 0 Å². The molecule has 0 saturated heterocycles. The molecule has 0 aromatic heterocycles. The van der Waals surface area contributed by atoms with Crippen LogP contribution >= 0.6 is 0 Å². The van der Waals surface area contributed by atoms with E-state index in [0.29, 0.717) is 23.7 Å². The molecule has 0 atom stereocenters. The van der Waals surface area contributed by atoms with E-state index in [-0.39, 0.29) is 5.84 Å². The van der Waals surface area contributed by atoms with Crippen LogP contribution in [0.15, 0.2) is 56.3 Å². The molecular formula is C19H32N8. The maximum Gasteiger partial charge on any atom is 0.169 e. The zero-order chi connectivity index (χ0) is 20.3. The number of hydrogen-bond donors (Lipinski definition) is 4. The minimum absolute atomic E-state index is 0.135. The molecule has 0 amide bonds. The van der Waals surface area contributed by atoms with Crippen molar-refractivity contribution in [3.8, 4) is 0 Å². The third kappa shape index (κ3) is 12.2. The summed E-state index contributed by atoms with van der Waals surface area (Å²) in [6.07, 6.45) is 12.7. The molecule has 0 aromatic rings. The Bertz CT molecular complexity index is 624. The van der Waals surface area contributed by atoms with Crippen molar-refractivity contribution >= 4 is 30.3 Å². The van der Waals surface area contributed by atoms with Gasteiger partial charge in [0.05, 0.1) is 5.70 Å². The van der Waals surface area contributed by atoms with Crippen molar-refractivity contribution in [3.63, 3.8) is 0 Å². The van der Waals surface area contributed by atoms with Gasteiger partial charge >= 0.3 is 0 Å². The average molecular weight is 373 g/mol. The van der Waals surface area contributed by atoms with Crippen LogP contribution < -0.4 is 16.5 Å². The molecule has 8 nitrogen and oxygen atoms in total. The maximum atomic E-state index is 6.96. The molecule has 0 radical (unpaired) electrons. The molecule has 0 aromatic carbocycles. The standard InChI is InChI=1S/C19H32N8/c1-5-12-23-14-8-7-10-17(25-13-6-2)19(22-4)27-26-18(21)16(3)24-15-9-11-20/h7-8,10-11,13,15,20,23H,3,5-6,9,12,14H2,1-2,4H3,(H2,21,26)(H,22,27)/b8-7+,17-10-,20-11?,24-15?,25-13?. The van der Waals surface area contributed by atoms with E-state index in [1.165, 1.54) is 6.21 Å². The average Bonchev–Trinajstić information content (AvgIpc) is 2.68. The lowest BCUT2D eigenvalue weighted by atomic mass is 10.3. The van der Waals surface area contributed by atoms with Crippen LogP contribution in [0.5, 0.6) is 0 Å². The van der Waals surface area contributed by atoms with Gasteiger partial charge in [-0.15, -0.1) is 0 Å². The normalized spacial score (nSPS) is 13.8. The minimum atomic E-state index is 0.135. The van der Waals surface area contributed by atoms with Gasteiger partial charge in [0, 0.05) is 38.7 Å². The van der Waals surface area contributed by atoms with Crippen LogP contribution in [-0.4, -0.2) is 50.5 Å². The topological polar surface area (TPSA) is 123 Å². The van der Waals surface area contributed by atoms with Gasteiger partial charge in [-0.05, 0) is 25.5 Å². The number of nitrogens with one attached hydrogen (secondary N) is 3. The summed E-state index contributed by atoms with van der Waals surface area (Å²) in [6.45, 7) is 9.65. The van der Waals surface area contributed by atoms with Crippen molar-refractivity contribution in [1.29, 1.82) is 5.41 Å². The number of rotatable bonds is 13. The first-order chi connectivity index (χ1) is 13.1. The van der Waals surface area contributed by atoms with E-state index in [9.17, 15) is 0 Å². The van der Waals surface area contributed by atoms with E-state index >= 15 is 0 Å². The monoisotopic (exact) mass is 372 g/mol. The van der Waals surface area contributed by atoms with Crippen molar-refractivity contribution in [2.75, 3.05) is 20.1 Å². The second-order valence-electron chi connectivity index (χ2n) is 5.28.